The third kappa shape index (κ3) is 3.05. The number of hydrogen-bond donors (Lipinski definition) is 0. The van der Waals surface area contributed by atoms with Gasteiger partial charge in [0.05, 0.1) is 11.2 Å². The molecule has 29 heavy (non-hydrogen) atoms. The van der Waals surface area contributed by atoms with Crippen LogP contribution in [0.5, 0.6) is 0 Å². The maximum absolute atomic E-state index is 12.4. The molecule has 0 saturated heterocycles. The molecular formula is C21H18N6OS. The van der Waals surface area contributed by atoms with E-state index in [0.29, 0.717) is 22.3 Å². The Hall–Kier alpha value is -3.26. The Morgan fingerprint density at radius 2 is 1.93 bits per heavy atom. The van der Waals surface area contributed by atoms with Gasteiger partial charge in [0.15, 0.2) is 5.65 Å². The van der Waals surface area contributed by atoms with E-state index in [1.165, 1.54) is 11.8 Å². The number of pyridine rings is 1. The lowest BCUT2D eigenvalue weighted by molar-refractivity contribution is 0.789. The minimum Gasteiger partial charge on any atom is -0.324 e. The molecule has 0 amide bonds. The summed E-state index contributed by atoms with van der Waals surface area (Å²) < 4.78 is 3.71. The number of aromatic nitrogens is 6. The molecule has 0 radical (unpaired) electrons. The third-order valence-corrected chi connectivity index (χ3v) is 5.75. The third-order valence-electron chi connectivity index (χ3n) is 4.88. The van der Waals surface area contributed by atoms with Crippen molar-refractivity contribution in [3.05, 3.63) is 70.3 Å². The number of aryl methyl sites for hydroxylation is 2. The summed E-state index contributed by atoms with van der Waals surface area (Å²) in [5.74, 6) is 0.499. The van der Waals surface area contributed by atoms with E-state index in [2.05, 4.69) is 32.7 Å². The summed E-state index contributed by atoms with van der Waals surface area (Å²) in [7, 11) is 0. The lowest BCUT2D eigenvalue weighted by Crippen LogP contribution is -2.15. The van der Waals surface area contributed by atoms with Crippen LogP contribution < -0.4 is 5.56 Å². The summed E-state index contributed by atoms with van der Waals surface area (Å²) in [6.07, 6.45) is 1.80. The van der Waals surface area contributed by atoms with Crippen molar-refractivity contribution in [2.45, 2.75) is 31.3 Å². The minimum absolute atomic E-state index is 0.0881. The van der Waals surface area contributed by atoms with Gasteiger partial charge < -0.3 is 4.57 Å². The molecular weight excluding hydrogens is 384 g/mol. The van der Waals surface area contributed by atoms with Crippen LogP contribution in [0.2, 0.25) is 0 Å². The van der Waals surface area contributed by atoms with E-state index in [4.69, 9.17) is 4.98 Å². The van der Waals surface area contributed by atoms with Crippen LogP contribution in [-0.2, 0) is 12.3 Å². The van der Waals surface area contributed by atoms with Crippen LogP contribution in [0.1, 0.15) is 18.2 Å². The zero-order chi connectivity index (χ0) is 20.0. The lowest BCUT2D eigenvalue weighted by atomic mass is 10.2. The maximum Gasteiger partial charge on any atom is 0.258 e. The van der Waals surface area contributed by atoms with Gasteiger partial charge in [-0.1, -0.05) is 36.0 Å². The van der Waals surface area contributed by atoms with E-state index < -0.39 is 0 Å². The van der Waals surface area contributed by atoms with E-state index in [1.807, 2.05) is 37.3 Å². The normalized spacial score (nSPS) is 11.7. The van der Waals surface area contributed by atoms with E-state index in [1.54, 1.807) is 16.7 Å². The monoisotopic (exact) mass is 402 g/mol. The van der Waals surface area contributed by atoms with Crippen molar-refractivity contribution in [2.24, 2.45) is 0 Å². The molecule has 0 saturated carbocycles. The number of benzene rings is 1. The molecule has 5 aromatic rings. The second kappa shape index (κ2) is 6.97. The molecule has 144 valence electrons. The van der Waals surface area contributed by atoms with E-state index >= 15 is 0 Å². The first-order valence-electron chi connectivity index (χ1n) is 9.37. The predicted molar refractivity (Wildman–Crippen MR) is 114 cm³/mol. The number of fused-ring (bicyclic) bond motifs is 4. The van der Waals surface area contributed by atoms with Crippen LogP contribution >= 0.6 is 11.8 Å². The van der Waals surface area contributed by atoms with Gasteiger partial charge in [0.25, 0.3) is 5.56 Å². The minimum atomic E-state index is -0.0881. The highest BCUT2D eigenvalue weighted by atomic mass is 32.2. The van der Waals surface area contributed by atoms with Crippen molar-refractivity contribution in [1.82, 2.24) is 29.1 Å². The van der Waals surface area contributed by atoms with Crippen molar-refractivity contribution in [3.63, 3.8) is 0 Å². The molecule has 0 aliphatic carbocycles. The SMILES string of the molecule is CCn1c2ccccc2c2nnc(SCc3cc(=O)n4cc(C)ccc4n3)nc21. The van der Waals surface area contributed by atoms with E-state index in [0.717, 1.165) is 34.2 Å². The first-order chi connectivity index (χ1) is 14.1. The summed E-state index contributed by atoms with van der Waals surface area (Å²) >= 11 is 1.43. The molecule has 0 N–H and O–H groups in total. The number of nitrogens with zero attached hydrogens (tertiary/aromatic N) is 6. The molecule has 8 heteroatoms. The number of thioether (sulfide) groups is 1. The summed E-state index contributed by atoms with van der Waals surface area (Å²) in [4.78, 5) is 21.7. The largest absolute Gasteiger partial charge is 0.324 e. The zero-order valence-corrected chi connectivity index (χ0v) is 16.8. The first kappa shape index (κ1) is 17.8. The van der Waals surface area contributed by atoms with Gasteiger partial charge in [0.1, 0.15) is 11.2 Å². The predicted octanol–water partition coefficient (Wildman–Crippen LogP) is 3.61. The van der Waals surface area contributed by atoms with Gasteiger partial charge in [0.2, 0.25) is 5.16 Å². The second-order valence-electron chi connectivity index (χ2n) is 6.84. The fourth-order valence-corrected chi connectivity index (χ4v) is 4.22. The molecule has 0 atom stereocenters. The molecule has 7 nitrogen and oxygen atoms in total. The van der Waals surface area contributed by atoms with Crippen molar-refractivity contribution in [2.75, 3.05) is 0 Å². The fourth-order valence-electron chi connectivity index (χ4n) is 3.54. The molecule has 0 bridgehead atoms. The van der Waals surface area contributed by atoms with E-state index in [-0.39, 0.29) is 5.56 Å². The van der Waals surface area contributed by atoms with Gasteiger partial charge >= 0.3 is 0 Å². The van der Waals surface area contributed by atoms with Crippen LogP contribution in [0.25, 0.3) is 27.7 Å². The molecule has 0 unspecified atom stereocenters. The summed E-state index contributed by atoms with van der Waals surface area (Å²) in [5.41, 5.74) is 5.01. The Balaban J connectivity index is 1.49. The van der Waals surface area contributed by atoms with E-state index in [9.17, 15) is 4.79 Å². The fraction of sp³-hybridized carbons (Fsp3) is 0.190. The number of rotatable bonds is 4. The van der Waals surface area contributed by atoms with Gasteiger partial charge in [-0.05, 0) is 31.5 Å². The molecule has 0 fully saturated rings. The summed E-state index contributed by atoms with van der Waals surface area (Å²) in [6, 6.07) is 13.5. The van der Waals surface area contributed by atoms with Gasteiger partial charge in [-0.15, -0.1) is 10.2 Å². The van der Waals surface area contributed by atoms with Crippen LogP contribution in [0.15, 0.2) is 58.6 Å². The molecule has 4 heterocycles. The summed E-state index contributed by atoms with van der Waals surface area (Å²) in [6.45, 7) is 4.84. The van der Waals surface area contributed by atoms with Gasteiger partial charge in [0, 0.05) is 29.9 Å². The Morgan fingerprint density at radius 3 is 2.79 bits per heavy atom. The molecule has 4 aromatic heterocycles. The number of para-hydroxylation sites is 1. The van der Waals surface area contributed by atoms with Gasteiger partial charge in [-0.2, -0.15) is 0 Å². The standard InChI is InChI=1S/C21H18N6OS/c1-3-26-16-7-5-4-6-15(16)19-20(26)23-21(25-24-19)29-12-14-10-18(28)27-11-13(2)8-9-17(27)22-14/h4-11H,3,12H2,1-2H3. The highest BCUT2D eigenvalue weighted by Crippen LogP contribution is 2.27. The van der Waals surface area contributed by atoms with Crippen molar-refractivity contribution < 1.29 is 0 Å². The molecule has 5 rings (SSSR count). The zero-order valence-electron chi connectivity index (χ0n) is 16.0. The van der Waals surface area contributed by atoms with Crippen molar-refractivity contribution in [3.8, 4) is 0 Å². The van der Waals surface area contributed by atoms with Gasteiger partial charge in [-0.25, -0.2) is 9.97 Å². The highest BCUT2D eigenvalue weighted by molar-refractivity contribution is 7.98. The molecule has 0 spiro atoms. The first-order valence-corrected chi connectivity index (χ1v) is 10.4. The smallest absolute Gasteiger partial charge is 0.258 e. The maximum atomic E-state index is 12.4. The van der Waals surface area contributed by atoms with Crippen LogP contribution in [-0.4, -0.2) is 29.1 Å². The molecule has 1 aromatic carbocycles. The Morgan fingerprint density at radius 1 is 1.07 bits per heavy atom. The molecule has 0 aliphatic rings. The van der Waals surface area contributed by atoms with Crippen molar-refractivity contribution in [1.29, 1.82) is 0 Å². The van der Waals surface area contributed by atoms with Crippen LogP contribution in [0, 0.1) is 6.92 Å². The highest BCUT2D eigenvalue weighted by Gasteiger charge is 2.14. The topological polar surface area (TPSA) is 78.0 Å². The van der Waals surface area contributed by atoms with Gasteiger partial charge in [-0.3, -0.25) is 9.20 Å². The van der Waals surface area contributed by atoms with Crippen LogP contribution in [0.4, 0.5) is 0 Å². The second-order valence-corrected chi connectivity index (χ2v) is 7.78. The Labute approximate surface area is 170 Å². The average molecular weight is 402 g/mol. The lowest BCUT2D eigenvalue weighted by Gasteiger charge is -2.05. The van der Waals surface area contributed by atoms with Crippen molar-refractivity contribution >= 4 is 39.5 Å². The summed E-state index contributed by atoms with van der Waals surface area (Å²) in [5, 5.41) is 10.3. The number of hydrogen-bond acceptors (Lipinski definition) is 6. The Kier molecular flexibility index (Phi) is 4.28. The van der Waals surface area contributed by atoms with Crippen LogP contribution in [0.3, 0.4) is 0 Å². The quantitative estimate of drug-likeness (QED) is 0.428. The average Bonchev–Trinajstić information content (AvgIpc) is 3.05. The Bertz CT molecular complexity index is 1440. The molecule has 0 aliphatic heterocycles.